The third-order valence-electron chi connectivity index (χ3n) is 4.25. The minimum Gasteiger partial charge on any atom is -0.444 e. The molecule has 0 bridgehead atoms. The number of carbonyl (C=O) groups excluding carboxylic acids is 2. The van der Waals surface area contributed by atoms with Crippen molar-refractivity contribution in [2.75, 3.05) is 13.1 Å². The van der Waals surface area contributed by atoms with Crippen LogP contribution in [0.15, 0.2) is 12.1 Å². The van der Waals surface area contributed by atoms with E-state index in [9.17, 15) is 14.7 Å². The maximum Gasteiger partial charge on any atom is 0.410 e. The van der Waals surface area contributed by atoms with E-state index < -0.39 is 5.60 Å². The van der Waals surface area contributed by atoms with Gasteiger partial charge in [0.15, 0.2) is 0 Å². The molecule has 0 radical (unpaired) electrons. The first kappa shape index (κ1) is 19.2. The number of aliphatic hydroxyl groups is 1. The molecule has 0 saturated heterocycles. The summed E-state index contributed by atoms with van der Waals surface area (Å²) in [7, 11) is 0. The molecule has 0 saturated carbocycles. The lowest BCUT2D eigenvalue weighted by molar-refractivity contribution is 0.0241. The summed E-state index contributed by atoms with van der Waals surface area (Å²) in [6.45, 7) is 11.2. The van der Waals surface area contributed by atoms with E-state index in [2.05, 4.69) is 0 Å². The van der Waals surface area contributed by atoms with E-state index in [4.69, 9.17) is 4.74 Å². The third-order valence-corrected chi connectivity index (χ3v) is 4.25. The van der Waals surface area contributed by atoms with Gasteiger partial charge in [-0.05, 0) is 57.4 Å². The molecule has 2 rings (SSSR count). The van der Waals surface area contributed by atoms with Crippen LogP contribution in [0.2, 0.25) is 0 Å². The second-order valence-electron chi connectivity index (χ2n) is 7.25. The Hall–Kier alpha value is -2.08. The number of carbonyl (C=O) groups is 2. The first-order valence-electron chi connectivity index (χ1n) is 8.72. The Kier molecular flexibility index (Phi) is 5.72. The smallest absolute Gasteiger partial charge is 0.410 e. The van der Waals surface area contributed by atoms with Gasteiger partial charge in [0.25, 0.3) is 5.91 Å². The Bertz CT molecular complexity index is 660. The fraction of sp³-hybridized carbons (Fsp3) is 0.579. The van der Waals surface area contributed by atoms with Crippen LogP contribution < -0.4 is 0 Å². The molecule has 0 aliphatic carbocycles. The van der Waals surface area contributed by atoms with Crippen molar-refractivity contribution in [2.24, 2.45) is 0 Å². The summed E-state index contributed by atoms with van der Waals surface area (Å²) in [6.07, 6.45) is -0.370. The van der Waals surface area contributed by atoms with Crippen LogP contribution in [0, 0.1) is 0 Å². The minimum atomic E-state index is -0.550. The van der Waals surface area contributed by atoms with Gasteiger partial charge < -0.3 is 14.7 Å². The summed E-state index contributed by atoms with van der Waals surface area (Å²) in [5, 5.41) is 9.68. The lowest BCUT2D eigenvalue weighted by Crippen LogP contribution is -2.33. The number of aliphatic hydroxyl groups excluding tert-OH is 1. The highest BCUT2D eigenvalue weighted by atomic mass is 16.6. The van der Waals surface area contributed by atoms with Gasteiger partial charge in [0.1, 0.15) is 5.60 Å². The highest BCUT2D eigenvalue weighted by Crippen LogP contribution is 2.28. The lowest BCUT2D eigenvalue weighted by Gasteiger charge is -2.24. The standard InChI is InChI=1S/C19H28N2O4/c1-6-20(7-2)17(23)16-9-14-11-21(18(24)25-19(3,4)5)10-13(14)8-15(16)12-22/h8-9,22H,6-7,10-12H2,1-5H3. The van der Waals surface area contributed by atoms with Gasteiger partial charge in [-0.15, -0.1) is 0 Å². The van der Waals surface area contributed by atoms with Crippen molar-refractivity contribution in [1.29, 1.82) is 0 Å². The van der Waals surface area contributed by atoms with Crippen molar-refractivity contribution >= 4 is 12.0 Å². The number of benzene rings is 1. The topological polar surface area (TPSA) is 70.1 Å². The van der Waals surface area contributed by atoms with E-state index in [1.807, 2.05) is 46.8 Å². The molecule has 6 nitrogen and oxygen atoms in total. The van der Waals surface area contributed by atoms with Gasteiger partial charge in [0, 0.05) is 31.7 Å². The van der Waals surface area contributed by atoms with Crippen LogP contribution >= 0.6 is 0 Å². The minimum absolute atomic E-state index is 0.0902. The number of nitrogens with zero attached hydrogens (tertiary/aromatic N) is 2. The zero-order valence-corrected chi connectivity index (χ0v) is 15.8. The highest BCUT2D eigenvalue weighted by Gasteiger charge is 2.29. The van der Waals surface area contributed by atoms with Crippen LogP contribution in [0.1, 0.15) is 61.7 Å². The molecule has 0 unspecified atom stereocenters. The molecule has 0 fully saturated rings. The van der Waals surface area contributed by atoms with E-state index in [0.717, 1.165) is 11.1 Å². The van der Waals surface area contributed by atoms with Crippen molar-refractivity contribution in [3.8, 4) is 0 Å². The average Bonchev–Trinajstić information content (AvgIpc) is 2.96. The Labute approximate surface area is 149 Å². The molecule has 0 atom stereocenters. The molecule has 0 aromatic heterocycles. The Morgan fingerprint density at radius 1 is 1.16 bits per heavy atom. The molecule has 1 N–H and O–H groups in total. The Morgan fingerprint density at radius 2 is 1.72 bits per heavy atom. The molecule has 1 heterocycles. The molecule has 1 aromatic carbocycles. The van der Waals surface area contributed by atoms with Crippen molar-refractivity contribution in [3.63, 3.8) is 0 Å². The van der Waals surface area contributed by atoms with Crippen LogP contribution in [0.5, 0.6) is 0 Å². The van der Waals surface area contributed by atoms with E-state index in [-0.39, 0.29) is 18.6 Å². The van der Waals surface area contributed by atoms with Crippen molar-refractivity contribution in [2.45, 2.75) is 59.9 Å². The highest BCUT2D eigenvalue weighted by molar-refractivity contribution is 5.96. The van der Waals surface area contributed by atoms with Crippen LogP contribution in [-0.2, 0) is 24.4 Å². The maximum atomic E-state index is 12.7. The average molecular weight is 348 g/mol. The maximum absolute atomic E-state index is 12.7. The summed E-state index contributed by atoms with van der Waals surface area (Å²) >= 11 is 0. The molecular weight excluding hydrogens is 320 g/mol. The van der Waals surface area contributed by atoms with Gasteiger partial charge in [-0.3, -0.25) is 9.69 Å². The predicted molar refractivity (Wildman–Crippen MR) is 95.1 cm³/mol. The van der Waals surface area contributed by atoms with Crippen molar-refractivity contribution in [1.82, 2.24) is 9.80 Å². The normalized spacial score (nSPS) is 13.6. The Balaban J connectivity index is 2.27. The van der Waals surface area contributed by atoms with Gasteiger partial charge in [0.05, 0.1) is 6.61 Å². The van der Waals surface area contributed by atoms with Crippen molar-refractivity contribution in [3.05, 3.63) is 34.4 Å². The first-order chi connectivity index (χ1) is 11.7. The summed E-state index contributed by atoms with van der Waals surface area (Å²) in [5.74, 6) is -0.0902. The van der Waals surface area contributed by atoms with Crippen LogP contribution in [0.3, 0.4) is 0 Å². The van der Waals surface area contributed by atoms with Crippen molar-refractivity contribution < 1.29 is 19.4 Å². The number of fused-ring (bicyclic) bond motifs is 1. The van der Waals surface area contributed by atoms with E-state index in [1.54, 1.807) is 9.80 Å². The SMILES string of the molecule is CCN(CC)C(=O)c1cc2c(cc1CO)CN(C(=O)OC(C)(C)C)C2. The second kappa shape index (κ2) is 7.44. The summed E-state index contributed by atoms with van der Waals surface area (Å²) < 4.78 is 5.42. The number of hydrogen-bond donors (Lipinski definition) is 1. The van der Waals surface area contributed by atoms with Crippen LogP contribution in [-0.4, -0.2) is 45.6 Å². The molecule has 138 valence electrons. The van der Waals surface area contributed by atoms with Gasteiger partial charge in [0.2, 0.25) is 0 Å². The van der Waals surface area contributed by atoms with Gasteiger partial charge in [-0.2, -0.15) is 0 Å². The number of hydrogen-bond acceptors (Lipinski definition) is 4. The van der Waals surface area contributed by atoms with Crippen LogP contribution in [0.25, 0.3) is 0 Å². The third kappa shape index (κ3) is 4.31. The number of rotatable bonds is 4. The first-order valence-corrected chi connectivity index (χ1v) is 8.72. The fourth-order valence-corrected chi connectivity index (χ4v) is 2.97. The second-order valence-corrected chi connectivity index (χ2v) is 7.25. The summed E-state index contributed by atoms with van der Waals surface area (Å²) in [6, 6.07) is 3.64. The zero-order valence-electron chi connectivity index (χ0n) is 15.8. The van der Waals surface area contributed by atoms with Crippen LogP contribution in [0.4, 0.5) is 4.79 Å². The molecule has 6 heteroatoms. The molecule has 1 aromatic rings. The number of amides is 2. The molecule has 1 aliphatic heterocycles. The fourth-order valence-electron chi connectivity index (χ4n) is 2.97. The molecule has 2 amide bonds. The zero-order chi connectivity index (χ0) is 18.8. The number of ether oxygens (including phenoxy) is 1. The quantitative estimate of drug-likeness (QED) is 0.908. The summed E-state index contributed by atoms with van der Waals surface area (Å²) in [4.78, 5) is 28.3. The molecule has 1 aliphatic rings. The molecule has 25 heavy (non-hydrogen) atoms. The predicted octanol–water partition coefficient (Wildman–Crippen LogP) is 2.91. The van der Waals surface area contributed by atoms with Gasteiger partial charge in [-0.1, -0.05) is 6.07 Å². The van der Waals surface area contributed by atoms with Gasteiger partial charge in [-0.25, -0.2) is 4.79 Å². The van der Waals surface area contributed by atoms with E-state index in [0.29, 0.717) is 37.3 Å². The van der Waals surface area contributed by atoms with Gasteiger partial charge >= 0.3 is 6.09 Å². The lowest BCUT2D eigenvalue weighted by atomic mass is 9.99. The Morgan fingerprint density at radius 3 is 2.20 bits per heavy atom. The summed E-state index contributed by atoms with van der Waals surface area (Å²) in [5.41, 5.74) is 2.44. The van der Waals surface area contributed by atoms with E-state index in [1.165, 1.54) is 0 Å². The van der Waals surface area contributed by atoms with E-state index >= 15 is 0 Å². The molecular formula is C19H28N2O4. The largest absolute Gasteiger partial charge is 0.444 e. The molecule has 0 spiro atoms. The monoisotopic (exact) mass is 348 g/mol.